The van der Waals surface area contributed by atoms with Crippen LogP contribution in [0.25, 0.3) is 0 Å². The van der Waals surface area contributed by atoms with Crippen LogP contribution in [0, 0.1) is 0 Å². The standard InChI is InChI=1S/C33H37N3O6/c1-31(2,29(39)41-3)34-28(38)33(25-17-9-5-10-18-25,26-19-11-6-12-20-26)35-27(37)32(21-13-14-22-32)36-30(40)42-23-24-15-7-4-8-16-24/h4-12,15-20H,13-14,21-23H2,1-3H3,(H,34,38)(H,35,37)(H,36,40). The summed E-state index contributed by atoms with van der Waals surface area (Å²) < 4.78 is 10.4. The average Bonchev–Trinajstić information content (AvgIpc) is 3.49. The lowest BCUT2D eigenvalue weighted by Crippen LogP contribution is -2.67. The zero-order chi connectivity index (χ0) is 30.2. The molecular formula is C33H37N3O6. The van der Waals surface area contributed by atoms with Crippen LogP contribution < -0.4 is 16.0 Å². The molecule has 3 aromatic rings. The Kier molecular flexibility index (Phi) is 9.30. The number of esters is 1. The van der Waals surface area contributed by atoms with E-state index in [1.54, 1.807) is 60.7 Å². The number of benzene rings is 3. The van der Waals surface area contributed by atoms with Gasteiger partial charge in [-0.3, -0.25) is 9.59 Å². The molecule has 9 nitrogen and oxygen atoms in total. The molecule has 3 N–H and O–H groups in total. The van der Waals surface area contributed by atoms with Crippen LogP contribution in [0.4, 0.5) is 4.79 Å². The Labute approximate surface area is 246 Å². The third-order valence-corrected chi connectivity index (χ3v) is 7.62. The van der Waals surface area contributed by atoms with Crippen LogP contribution in [0.5, 0.6) is 0 Å². The van der Waals surface area contributed by atoms with E-state index in [9.17, 15) is 19.2 Å². The van der Waals surface area contributed by atoms with Crippen LogP contribution in [0.15, 0.2) is 91.0 Å². The van der Waals surface area contributed by atoms with Gasteiger partial charge in [0.1, 0.15) is 17.7 Å². The highest BCUT2D eigenvalue weighted by atomic mass is 16.5. The van der Waals surface area contributed by atoms with Crippen molar-refractivity contribution in [3.05, 3.63) is 108 Å². The van der Waals surface area contributed by atoms with Crippen molar-refractivity contribution in [3.63, 3.8) is 0 Å². The first-order valence-corrected chi connectivity index (χ1v) is 14.0. The Morgan fingerprint density at radius 1 is 0.762 bits per heavy atom. The van der Waals surface area contributed by atoms with Gasteiger partial charge in [0.05, 0.1) is 7.11 Å². The van der Waals surface area contributed by atoms with E-state index in [1.165, 1.54) is 21.0 Å². The summed E-state index contributed by atoms with van der Waals surface area (Å²) in [6.07, 6.45) is 1.43. The average molecular weight is 572 g/mol. The predicted octanol–water partition coefficient (Wildman–Crippen LogP) is 4.35. The van der Waals surface area contributed by atoms with Gasteiger partial charge in [0.2, 0.25) is 5.91 Å². The SMILES string of the molecule is COC(=O)C(C)(C)NC(=O)C(NC(=O)C1(NC(=O)OCc2ccccc2)CCCC1)(c1ccccc1)c1ccccc1. The van der Waals surface area contributed by atoms with Crippen LogP contribution in [0.2, 0.25) is 0 Å². The van der Waals surface area contributed by atoms with Gasteiger partial charge in [0, 0.05) is 0 Å². The molecule has 0 aromatic heterocycles. The lowest BCUT2D eigenvalue weighted by atomic mass is 9.80. The molecule has 0 heterocycles. The van der Waals surface area contributed by atoms with Crippen LogP contribution in [-0.2, 0) is 36.0 Å². The van der Waals surface area contributed by atoms with Gasteiger partial charge in [-0.05, 0) is 43.4 Å². The molecule has 0 spiro atoms. The molecule has 4 rings (SSSR count). The van der Waals surface area contributed by atoms with E-state index in [-0.39, 0.29) is 6.61 Å². The third kappa shape index (κ3) is 6.46. The summed E-state index contributed by atoms with van der Waals surface area (Å²) in [5, 5.41) is 8.65. The summed E-state index contributed by atoms with van der Waals surface area (Å²) >= 11 is 0. The number of carbonyl (C=O) groups is 4. The molecule has 0 radical (unpaired) electrons. The molecule has 0 atom stereocenters. The van der Waals surface area contributed by atoms with Crippen molar-refractivity contribution < 1.29 is 28.7 Å². The zero-order valence-corrected chi connectivity index (χ0v) is 24.1. The van der Waals surface area contributed by atoms with Gasteiger partial charge in [-0.25, -0.2) is 9.59 Å². The molecule has 1 aliphatic rings. The minimum Gasteiger partial charge on any atom is -0.467 e. The maximum atomic E-state index is 14.4. The molecule has 0 unspecified atom stereocenters. The first-order valence-electron chi connectivity index (χ1n) is 14.0. The van der Waals surface area contributed by atoms with Crippen molar-refractivity contribution in [2.45, 2.75) is 62.8 Å². The van der Waals surface area contributed by atoms with Gasteiger partial charge in [-0.1, -0.05) is 104 Å². The number of hydrogen-bond donors (Lipinski definition) is 3. The molecule has 0 aliphatic heterocycles. The maximum Gasteiger partial charge on any atom is 0.408 e. The monoisotopic (exact) mass is 571 g/mol. The maximum absolute atomic E-state index is 14.4. The summed E-state index contributed by atoms with van der Waals surface area (Å²) in [5.74, 6) is -1.81. The Hall–Kier alpha value is -4.66. The van der Waals surface area contributed by atoms with E-state index in [0.717, 1.165) is 5.56 Å². The second kappa shape index (κ2) is 12.9. The Morgan fingerprint density at radius 3 is 1.76 bits per heavy atom. The first kappa shape index (κ1) is 30.3. The van der Waals surface area contributed by atoms with E-state index >= 15 is 0 Å². The van der Waals surface area contributed by atoms with E-state index in [4.69, 9.17) is 9.47 Å². The van der Waals surface area contributed by atoms with Crippen molar-refractivity contribution in [3.8, 4) is 0 Å². The number of alkyl carbamates (subject to hydrolysis) is 1. The van der Waals surface area contributed by atoms with Crippen LogP contribution in [0.1, 0.15) is 56.2 Å². The van der Waals surface area contributed by atoms with Crippen molar-refractivity contribution in [2.24, 2.45) is 0 Å². The minimum atomic E-state index is -1.75. The molecule has 3 aromatic carbocycles. The van der Waals surface area contributed by atoms with Crippen molar-refractivity contribution in [1.29, 1.82) is 0 Å². The van der Waals surface area contributed by atoms with E-state index in [0.29, 0.717) is 36.8 Å². The lowest BCUT2D eigenvalue weighted by molar-refractivity contribution is -0.150. The fourth-order valence-corrected chi connectivity index (χ4v) is 5.32. The van der Waals surface area contributed by atoms with Gasteiger partial charge in [-0.2, -0.15) is 0 Å². The van der Waals surface area contributed by atoms with Gasteiger partial charge < -0.3 is 25.4 Å². The van der Waals surface area contributed by atoms with Crippen molar-refractivity contribution in [1.82, 2.24) is 16.0 Å². The lowest BCUT2D eigenvalue weighted by Gasteiger charge is -2.40. The number of nitrogens with one attached hydrogen (secondary N) is 3. The summed E-state index contributed by atoms with van der Waals surface area (Å²) in [5.41, 5.74) is -2.70. The second-order valence-corrected chi connectivity index (χ2v) is 11.0. The number of amides is 3. The molecule has 0 saturated heterocycles. The van der Waals surface area contributed by atoms with Crippen molar-refractivity contribution in [2.75, 3.05) is 7.11 Å². The topological polar surface area (TPSA) is 123 Å². The minimum absolute atomic E-state index is 0.0490. The Bertz CT molecular complexity index is 1350. The summed E-state index contributed by atoms with van der Waals surface area (Å²) in [7, 11) is 1.24. The molecule has 42 heavy (non-hydrogen) atoms. The summed E-state index contributed by atoms with van der Waals surface area (Å²) in [6, 6.07) is 26.9. The van der Waals surface area contributed by atoms with Crippen LogP contribution >= 0.6 is 0 Å². The van der Waals surface area contributed by atoms with Crippen LogP contribution in [0.3, 0.4) is 0 Å². The number of hydrogen-bond acceptors (Lipinski definition) is 6. The molecule has 9 heteroatoms. The van der Waals surface area contributed by atoms with Crippen molar-refractivity contribution >= 4 is 23.9 Å². The number of rotatable bonds is 10. The Balaban J connectivity index is 1.72. The molecule has 1 fully saturated rings. The van der Waals surface area contributed by atoms with Gasteiger partial charge in [0.15, 0.2) is 5.54 Å². The smallest absolute Gasteiger partial charge is 0.408 e. The molecule has 220 valence electrons. The quantitative estimate of drug-likeness (QED) is 0.311. The predicted molar refractivity (Wildman–Crippen MR) is 157 cm³/mol. The first-order chi connectivity index (χ1) is 20.1. The molecule has 3 amide bonds. The van der Waals surface area contributed by atoms with E-state index in [2.05, 4.69) is 16.0 Å². The summed E-state index contributed by atoms with van der Waals surface area (Å²) in [6.45, 7) is 3.11. The molecule has 0 bridgehead atoms. The van der Waals surface area contributed by atoms with Crippen LogP contribution in [-0.4, -0.2) is 42.1 Å². The summed E-state index contributed by atoms with van der Waals surface area (Å²) in [4.78, 5) is 54.3. The highest BCUT2D eigenvalue weighted by Crippen LogP contribution is 2.35. The Morgan fingerprint density at radius 2 is 1.26 bits per heavy atom. The highest BCUT2D eigenvalue weighted by molar-refractivity contribution is 6.01. The van der Waals surface area contributed by atoms with E-state index < -0.39 is 40.5 Å². The number of ether oxygens (including phenoxy) is 2. The van der Waals surface area contributed by atoms with Gasteiger partial charge >= 0.3 is 12.1 Å². The number of methoxy groups -OCH3 is 1. The molecular weight excluding hydrogens is 534 g/mol. The third-order valence-electron chi connectivity index (χ3n) is 7.62. The normalized spacial score (nSPS) is 14.4. The molecule has 1 saturated carbocycles. The second-order valence-electron chi connectivity index (χ2n) is 11.0. The fraction of sp³-hybridized carbons (Fsp3) is 0.333. The molecule has 1 aliphatic carbocycles. The highest BCUT2D eigenvalue weighted by Gasteiger charge is 2.51. The fourth-order valence-electron chi connectivity index (χ4n) is 5.32. The van der Waals surface area contributed by atoms with E-state index in [1.807, 2.05) is 30.3 Å². The van der Waals surface area contributed by atoms with Gasteiger partial charge in [0.25, 0.3) is 5.91 Å². The van der Waals surface area contributed by atoms with Gasteiger partial charge in [-0.15, -0.1) is 0 Å². The zero-order valence-electron chi connectivity index (χ0n) is 24.1. The largest absolute Gasteiger partial charge is 0.467 e. The number of carbonyl (C=O) groups excluding carboxylic acids is 4.